The molecule has 0 saturated carbocycles. The van der Waals surface area contributed by atoms with E-state index < -0.39 is 47.1 Å². The average molecular weight is 533 g/mol. The number of likely N-dealkylation sites (N-methyl/N-ethyl adjacent to an activating group) is 1. The van der Waals surface area contributed by atoms with E-state index in [1.807, 2.05) is 58.0 Å². The number of nitrogens with two attached hydrogens (primary N) is 1. The van der Waals surface area contributed by atoms with Crippen LogP contribution in [0.2, 0.25) is 0 Å². The van der Waals surface area contributed by atoms with Gasteiger partial charge in [0, 0.05) is 32.2 Å². The van der Waals surface area contributed by atoms with Crippen LogP contribution in [0.4, 0.5) is 0 Å². The number of rotatable bonds is 16. The van der Waals surface area contributed by atoms with Gasteiger partial charge >= 0.3 is 5.97 Å². The molecule has 4 atom stereocenters. The Morgan fingerprint density at radius 3 is 2.11 bits per heavy atom. The third-order valence-corrected chi connectivity index (χ3v) is 6.28. The number of nitrogens with zero attached hydrogens (tertiary/aromatic N) is 1. The van der Waals surface area contributed by atoms with Crippen LogP contribution in [0.1, 0.15) is 72.8 Å². The lowest BCUT2D eigenvalue weighted by Crippen LogP contribution is -2.41. The van der Waals surface area contributed by atoms with E-state index in [2.05, 4.69) is 0 Å². The average Bonchev–Trinajstić information content (AvgIpc) is 2.83. The van der Waals surface area contributed by atoms with Gasteiger partial charge in [0.05, 0.1) is 30.1 Å². The minimum atomic E-state index is -1.03. The van der Waals surface area contributed by atoms with Crippen molar-refractivity contribution in [3.05, 3.63) is 35.9 Å². The summed E-state index contributed by atoms with van der Waals surface area (Å²) >= 11 is 0. The third kappa shape index (κ3) is 12.0. The number of amides is 2. The zero-order valence-electron chi connectivity index (χ0n) is 23.8. The van der Waals surface area contributed by atoms with Gasteiger partial charge in [0.1, 0.15) is 12.4 Å². The van der Waals surface area contributed by atoms with Gasteiger partial charge < -0.3 is 20.1 Å². The monoisotopic (exact) mass is 532 g/mol. The van der Waals surface area contributed by atoms with Gasteiger partial charge in [-0.25, -0.2) is 0 Å². The highest BCUT2D eigenvalue weighted by atomic mass is 16.5. The molecule has 0 aromatic heterocycles. The lowest BCUT2D eigenvalue weighted by molar-refractivity contribution is -0.162. The fourth-order valence-electron chi connectivity index (χ4n) is 4.02. The molecule has 1 aromatic carbocycles. The van der Waals surface area contributed by atoms with Crippen molar-refractivity contribution >= 4 is 29.4 Å². The van der Waals surface area contributed by atoms with Crippen molar-refractivity contribution < 1.29 is 33.4 Å². The predicted molar refractivity (Wildman–Crippen MR) is 144 cm³/mol. The Bertz CT molecular complexity index is 955. The first-order valence-corrected chi connectivity index (χ1v) is 13.1. The zero-order valence-corrected chi connectivity index (χ0v) is 23.8. The highest BCUT2D eigenvalue weighted by Gasteiger charge is 2.35. The number of primary amides is 1. The first-order valence-electron chi connectivity index (χ1n) is 13.1. The van der Waals surface area contributed by atoms with Crippen molar-refractivity contribution in [1.29, 1.82) is 0 Å². The fourth-order valence-corrected chi connectivity index (χ4v) is 4.02. The molecule has 0 radical (unpaired) electrons. The van der Waals surface area contributed by atoms with Gasteiger partial charge in [0.15, 0.2) is 5.78 Å². The van der Waals surface area contributed by atoms with Crippen molar-refractivity contribution in [3.8, 4) is 0 Å². The number of carbonyl (C=O) groups excluding carboxylic acids is 5. The molecule has 2 amide bonds. The van der Waals surface area contributed by atoms with Crippen molar-refractivity contribution in [1.82, 2.24) is 4.90 Å². The summed E-state index contributed by atoms with van der Waals surface area (Å²) in [5, 5.41) is 0. The van der Waals surface area contributed by atoms with E-state index in [1.54, 1.807) is 13.8 Å². The molecular formula is C29H44N2O7. The number of hydrogen-bond donors (Lipinski definition) is 1. The molecule has 9 nitrogen and oxygen atoms in total. The molecule has 212 valence electrons. The molecule has 38 heavy (non-hydrogen) atoms. The molecule has 0 heterocycles. The summed E-state index contributed by atoms with van der Waals surface area (Å²) in [5.74, 6) is -4.52. The van der Waals surface area contributed by atoms with Gasteiger partial charge in [-0.2, -0.15) is 0 Å². The van der Waals surface area contributed by atoms with Crippen LogP contribution in [0.25, 0.3) is 0 Å². The molecule has 0 aliphatic rings. The van der Waals surface area contributed by atoms with Crippen LogP contribution in [0.3, 0.4) is 0 Å². The smallest absolute Gasteiger partial charge is 0.312 e. The van der Waals surface area contributed by atoms with Gasteiger partial charge in [-0.3, -0.25) is 24.0 Å². The minimum absolute atomic E-state index is 0.0460. The topological polar surface area (TPSA) is 133 Å². The normalized spacial score (nSPS) is 14.6. The summed E-state index contributed by atoms with van der Waals surface area (Å²) in [6.07, 6.45) is -0.884. The maximum Gasteiger partial charge on any atom is 0.312 e. The lowest BCUT2D eigenvalue weighted by Gasteiger charge is -2.30. The number of hydrogen-bond acceptors (Lipinski definition) is 7. The van der Waals surface area contributed by atoms with E-state index in [-0.39, 0.29) is 44.1 Å². The van der Waals surface area contributed by atoms with E-state index in [1.165, 1.54) is 11.9 Å². The first-order chi connectivity index (χ1) is 17.6. The molecule has 2 N–H and O–H groups in total. The summed E-state index contributed by atoms with van der Waals surface area (Å²) in [4.78, 5) is 64.5. The van der Waals surface area contributed by atoms with Crippen LogP contribution in [-0.4, -0.2) is 59.5 Å². The highest BCUT2D eigenvalue weighted by Crippen LogP contribution is 2.24. The minimum Gasteiger partial charge on any atom is -0.461 e. The number of benzene rings is 1. The third-order valence-electron chi connectivity index (χ3n) is 6.28. The number of ketones is 2. The standard InChI is InChI=1S/C29H44N2O7/c1-8-19(2)25(33)17-31(7)27(35)22(15-26(30)34)14-23(32)16-24(20(3)38-29(4,5)6)28(36)37-18-21-12-10-9-11-13-21/h9-13,19-20,22,24H,8,14-18H2,1-7H3,(H2,30,34)/t19-,20?,22-,24-/m0/s1. The maximum absolute atomic E-state index is 13.1. The summed E-state index contributed by atoms with van der Waals surface area (Å²) in [5.41, 5.74) is 5.59. The van der Waals surface area contributed by atoms with Crippen molar-refractivity contribution in [2.45, 2.75) is 85.5 Å². The molecule has 0 saturated heterocycles. The fraction of sp³-hybridized carbons (Fsp3) is 0.621. The highest BCUT2D eigenvalue weighted by molar-refractivity contribution is 5.93. The van der Waals surface area contributed by atoms with Crippen LogP contribution in [0.5, 0.6) is 0 Å². The summed E-state index contributed by atoms with van der Waals surface area (Å²) in [6.45, 7) is 10.8. The Labute approximate surface area is 226 Å². The van der Waals surface area contributed by atoms with Crippen LogP contribution in [-0.2, 0) is 40.1 Å². The van der Waals surface area contributed by atoms with E-state index in [9.17, 15) is 24.0 Å². The van der Waals surface area contributed by atoms with Gasteiger partial charge in [-0.05, 0) is 39.7 Å². The molecule has 0 aliphatic heterocycles. The Balaban J connectivity index is 3.01. The van der Waals surface area contributed by atoms with E-state index in [4.69, 9.17) is 15.2 Å². The molecular weight excluding hydrogens is 488 g/mol. The van der Waals surface area contributed by atoms with Crippen molar-refractivity contribution in [2.24, 2.45) is 23.5 Å². The van der Waals surface area contributed by atoms with Gasteiger partial charge in [0.2, 0.25) is 11.8 Å². The van der Waals surface area contributed by atoms with E-state index >= 15 is 0 Å². The number of carbonyl (C=O) groups is 5. The summed E-state index contributed by atoms with van der Waals surface area (Å²) in [6, 6.07) is 9.17. The molecule has 1 aromatic rings. The largest absolute Gasteiger partial charge is 0.461 e. The van der Waals surface area contributed by atoms with E-state index in [0.717, 1.165) is 5.56 Å². The number of ether oxygens (including phenoxy) is 2. The quantitative estimate of drug-likeness (QED) is 0.322. The molecule has 0 spiro atoms. The predicted octanol–water partition coefficient (Wildman–Crippen LogP) is 3.46. The number of esters is 1. The van der Waals surface area contributed by atoms with Crippen LogP contribution >= 0.6 is 0 Å². The van der Waals surface area contributed by atoms with Gasteiger partial charge in [-0.15, -0.1) is 0 Å². The SMILES string of the molecule is CC[C@H](C)C(=O)CN(C)C(=O)[C@H](CC(N)=O)CC(=O)C[C@H](C(=O)OCc1ccccc1)C(C)OC(C)(C)C. The van der Waals surface area contributed by atoms with Crippen LogP contribution in [0, 0.1) is 17.8 Å². The summed E-state index contributed by atoms with van der Waals surface area (Å²) < 4.78 is 11.5. The Kier molecular flexibility index (Phi) is 13.3. The number of Topliss-reactive ketones (excluding diaryl/α,β-unsaturated/α-hetero) is 2. The maximum atomic E-state index is 13.1. The molecule has 0 aliphatic carbocycles. The molecule has 9 heteroatoms. The van der Waals surface area contributed by atoms with Crippen LogP contribution in [0.15, 0.2) is 30.3 Å². The second kappa shape index (κ2) is 15.4. The Hall–Kier alpha value is -3.07. The van der Waals surface area contributed by atoms with E-state index in [0.29, 0.717) is 6.42 Å². The van der Waals surface area contributed by atoms with Gasteiger partial charge in [0.25, 0.3) is 0 Å². The zero-order chi connectivity index (χ0) is 29.0. The second-order valence-electron chi connectivity index (χ2n) is 10.9. The van der Waals surface area contributed by atoms with Gasteiger partial charge in [-0.1, -0.05) is 44.2 Å². The molecule has 1 rings (SSSR count). The molecule has 0 fully saturated rings. The van der Waals surface area contributed by atoms with Crippen LogP contribution < -0.4 is 5.73 Å². The second-order valence-corrected chi connectivity index (χ2v) is 10.9. The first kappa shape index (κ1) is 33.0. The summed E-state index contributed by atoms with van der Waals surface area (Å²) in [7, 11) is 1.46. The Morgan fingerprint density at radius 1 is 0.974 bits per heavy atom. The Morgan fingerprint density at radius 2 is 1.58 bits per heavy atom. The van der Waals surface area contributed by atoms with Crippen molar-refractivity contribution in [3.63, 3.8) is 0 Å². The molecule has 1 unspecified atom stereocenters. The van der Waals surface area contributed by atoms with Crippen molar-refractivity contribution in [2.75, 3.05) is 13.6 Å². The lowest BCUT2D eigenvalue weighted by atomic mass is 9.89. The molecule has 0 bridgehead atoms.